The molecule has 1 aromatic carbocycles. The minimum atomic E-state index is 0.0916. The van der Waals surface area contributed by atoms with Crippen LogP contribution in [-0.2, 0) is 0 Å². The van der Waals surface area contributed by atoms with Crippen molar-refractivity contribution in [3.63, 3.8) is 0 Å². The Morgan fingerprint density at radius 3 is 2.90 bits per heavy atom. The van der Waals surface area contributed by atoms with Gasteiger partial charge in [0.25, 0.3) is 0 Å². The Hall–Kier alpha value is -2.07. The van der Waals surface area contributed by atoms with Gasteiger partial charge in [0.15, 0.2) is 6.17 Å². The van der Waals surface area contributed by atoms with Crippen LogP contribution in [0.25, 0.3) is 11.3 Å². The lowest BCUT2D eigenvalue weighted by Crippen LogP contribution is -2.24. The highest BCUT2D eigenvalue weighted by Crippen LogP contribution is 2.39. The number of benzene rings is 1. The van der Waals surface area contributed by atoms with E-state index < -0.39 is 0 Å². The van der Waals surface area contributed by atoms with E-state index in [0.29, 0.717) is 0 Å². The highest BCUT2D eigenvalue weighted by Gasteiger charge is 2.26. The predicted octanol–water partition coefficient (Wildman–Crippen LogP) is 4.20. The van der Waals surface area contributed by atoms with Crippen LogP contribution in [0.2, 0.25) is 0 Å². The fraction of sp³-hybridized carbons (Fsp3) is 0.188. The van der Waals surface area contributed by atoms with Crippen LogP contribution >= 0.6 is 11.3 Å². The first-order valence-electron chi connectivity index (χ1n) is 6.69. The van der Waals surface area contributed by atoms with Gasteiger partial charge in [0, 0.05) is 16.1 Å². The molecule has 3 aromatic rings. The van der Waals surface area contributed by atoms with Gasteiger partial charge < -0.3 is 5.32 Å². The number of aryl methyl sites for hydroxylation is 2. The molecule has 2 aromatic heterocycles. The number of fused-ring (bicyclic) bond motifs is 3. The van der Waals surface area contributed by atoms with Crippen molar-refractivity contribution < 1.29 is 0 Å². The van der Waals surface area contributed by atoms with Gasteiger partial charge >= 0.3 is 0 Å². The van der Waals surface area contributed by atoms with Crippen LogP contribution in [-0.4, -0.2) is 9.78 Å². The molecule has 1 atom stereocenters. The summed E-state index contributed by atoms with van der Waals surface area (Å²) in [6, 6.07) is 12.9. The second-order valence-electron chi connectivity index (χ2n) is 5.23. The van der Waals surface area contributed by atoms with E-state index in [-0.39, 0.29) is 6.17 Å². The first kappa shape index (κ1) is 11.7. The molecule has 0 radical (unpaired) electrons. The van der Waals surface area contributed by atoms with Crippen LogP contribution in [0.1, 0.15) is 22.3 Å². The number of hydrogen-bond donors (Lipinski definition) is 1. The largest absolute Gasteiger partial charge is 0.359 e. The molecule has 0 amide bonds. The quantitative estimate of drug-likeness (QED) is 0.724. The SMILES string of the molecule is Cc1ccc2c(c1)-c1cc(C)nn1[C@@H](c1cccs1)N2. The second-order valence-corrected chi connectivity index (χ2v) is 6.21. The Labute approximate surface area is 121 Å². The molecule has 4 heteroatoms. The van der Waals surface area contributed by atoms with Gasteiger partial charge in [-0.3, -0.25) is 0 Å². The summed E-state index contributed by atoms with van der Waals surface area (Å²) in [7, 11) is 0. The zero-order valence-electron chi connectivity index (χ0n) is 11.4. The molecule has 0 saturated carbocycles. The maximum atomic E-state index is 4.68. The highest BCUT2D eigenvalue weighted by molar-refractivity contribution is 7.10. The maximum Gasteiger partial charge on any atom is 0.156 e. The minimum Gasteiger partial charge on any atom is -0.359 e. The van der Waals surface area contributed by atoms with E-state index in [1.54, 1.807) is 11.3 Å². The molecule has 1 N–H and O–H groups in total. The third kappa shape index (κ3) is 1.68. The van der Waals surface area contributed by atoms with E-state index in [9.17, 15) is 0 Å². The number of hydrogen-bond acceptors (Lipinski definition) is 3. The fourth-order valence-corrected chi connectivity index (χ4v) is 3.52. The molecule has 1 aliphatic heterocycles. The van der Waals surface area contributed by atoms with E-state index in [1.807, 2.05) is 6.92 Å². The number of anilines is 1. The molecule has 0 spiro atoms. The standard InChI is InChI=1S/C16H15N3S/c1-10-5-6-13-12(8-10)14-9-11(2)18-19(14)16(17-13)15-4-3-7-20-15/h3-9,16-17H,1-2H3/t16-/m0/s1. The molecule has 3 nitrogen and oxygen atoms in total. The molecule has 4 rings (SSSR count). The summed E-state index contributed by atoms with van der Waals surface area (Å²) in [4.78, 5) is 1.28. The van der Waals surface area contributed by atoms with Gasteiger partial charge in [0.05, 0.1) is 11.4 Å². The summed E-state index contributed by atoms with van der Waals surface area (Å²) in [6.07, 6.45) is 0.0916. The Balaban J connectivity index is 1.95. The molecule has 0 bridgehead atoms. The average Bonchev–Trinajstić information content (AvgIpc) is 3.06. The topological polar surface area (TPSA) is 29.9 Å². The number of rotatable bonds is 1. The van der Waals surface area contributed by atoms with Crippen molar-refractivity contribution in [3.8, 4) is 11.3 Å². The van der Waals surface area contributed by atoms with Crippen LogP contribution in [0.3, 0.4) is 0 Å². The van der Waals surface area contributed by atoms with Gasteiger partial charge in [-0.2, -0.15) is 5.10 Å². The molecular weight excluding hydrogens is 266 g/mol. The molecule has 3 heterocycles. The summed E-state index contributed by atoms with van der Waals surface area (Å²) in [5.74, 6) is 0. The van der Waals surface area contributed by atoms with Gasteiger partial charge in [-0.15, -0.1) is 11.3 Å². The molecule has 100 valence electrons. The lowest BCUT2D eigenvalue weighted by atomic mass is 10.0. The van der Waals surface area contributed by atoms with E-state index in [4.69, 9.17) is 0 Å². The predicted molar refractivity (Wildman–Crippen MR) is 83.2 cm³/mol. The van der Waals surface area contributed by atoms with Crippen molar-refractivity contribution in [2.75, 3.05) is 5.32 Å². The Bertz CT molecular complexity index is 771. The lowest BCUT2D eigenvalue weighted by Gasteiger charge is -2.28. The Morgan fingerprint density at radius 1 is 1.20 bits per heavy atom. The zero-order chi connectivity index (χ0) is 13.7. The summed E-state index contributed by atoms with van der Waals surface area (Å²) < 4.78 is 2.10. The van der Waals surface area contributed by atoms with Crippen LogP contribution < -0.4 is 5.32 Å². The second kappa shape index (κ2) is 4.21. The normalized spacial score (nSPS) is 16.4. The first-order valence-corrected chi connectivity index (χ1v) is 7.57. The molecule has 0 unspecified atom stereocenters. The first-order chi connectivity index (χ1) is 9.72. The fourth-order valence-electron chi connectivity index (χ4n) is 2.76. The molecule has 0 aliphatic carbocycles. The van der Waals surface area contributed by atoms with Crippen molar-refractivity contribution in [1.82, 2.24) is 9.78 Å². The van der Waals surface area contributed by atoms with Crippen LogP contribution in [0, 0.1) is 13.8 Å². The van der Waals surface area contributed by atoms with Crippen LogP contribution in [0.5, 0.6) is 0 Å². The van der Waals surface area contributed by atoms with Crippen molar-refractivity contribution in [2.24, 2.45) is 0 Å². The van der Waals surface area contributed by atoms with Gasteiger partial charge in [-0.25, -0.2) is 4.68 Å². The molecular formula is C16H15N3S. The third-order valence-electron chi connectivity index (χ3n) is 3.66. The van der Waals surface area contributed by atoms with Crippen molar-refractivity contribution >= 4 is 17.0 Å². The van der Waals surface area contributed by atoms with Crippen LogP contribution in [0.15, 0.2) is 41.8 Å². The minimum absolute atomic E-state index is 0.0916. The van der Waals surface area contributed by atoms with Crippen LogP contribution in [0.4, 0.5) is 5.69 Å². The van der Waals surface area contributed by atoms with Gasteiger partial charge in [0.2, 0.25) is 0 Å². The van der Waals surface area contributed by atoms with Gasteiger partial charge in [-0.1, -0.05) is 17.7 Å². The monoisotopic (exact) mass is 281 g/mol. The van der Waals surface area contributed by atoms with Gasteiger partial charge in [-0.05, 0) is 43.5 Å². The summed E-state index contributed by atoms with van der Waals surface area (Å²) in [5, 5.41) is 10.4. The highest BCUT2D eigenvalue weighted by atomic mass is 32.1. The number of aromatic nitrogens is 2. The van der Waals surface area contributed by atoms with Gasteiger partial charge in [0.1, 0.15) is 0 Å². The average molecular weight is 281 g/mol. The van der Waals surface area contributed by atoms with E-state index >= 15 is 0 Å². The lowest BCUT2D eigenvalue weighted by molar-refractivity contribution is 0.579. The molecule has 20 heavy (non-hydrogen) atoms. The molecule has 0 fully saturated rings. The molecule has 0 saturated heterocycles. The van der Waals surface area contributed by atoms with Crippen molar-refractivity contribution in [2.45, 2.75) is 20.0 Å². The third-order valence-corrected chi connectivity index (χ3v) is 4.58. The number of nitrogens with zero attached hydrogens (tertiary/aromatic N) is 2. The van der Waals surface area contributed by atoms with Crippen molar-refractivity contribution in [3.05, 3.63) is 57.9 Å². The van der Waals surface area contributed by atoms with E-state index in [2.05, 4.69) is 63.8 Å². The zero-order valence-corrected chi connectivity index (χ0v) is 12.2. The Morgan fingerprint density at radius 2 is 2.10 bits per heavy atom. The van der Waals surface area contributed by atoms with Crippen molar-refractivity contribution in [1.29, 1.82) is 0 Å². The smallest absolute Gasteiger partial charge is 0.156 e. The van der Waals surface area contributed by atoms with E-state index in [0.717, 1.165) is 5.69 Å². The number of thiophene rings is 1. The summed E-state index contributed by atoms with van der Waals surface area (Å²) in [5.41, 5.74) is 5.93. The maximum absolute atomic E-state index is 4.68. The number of nitrogens with one attached hydrogen (secondary N) is 1. The molecule has 1 aliphatic rings. The Kier molecular flexibility index (Phi) is 2.47. The summed E-state index contributed by atoms with van der Waals surface area (Å²) >= 11 is 1.76. The summed E-state index contributed by atoms with van der Waals surface area (Å²) in [6.45, 7) is 4.17. The van der Waals surface area contributed by atoms with E-state index in [1.165, 1.54) is 27.4 Å².